The maximum atomic E-state index is 9.20. The van der Waals surface area contributed by atoms with E-state index in [9.17, 15) is 5.11 Å². The Balaban J connectivity index is 2.14. The van der Waals surface area contributed by atoms with Gasteiger partial charge in [-0.25, -0.2) is 0 Å². The van der Waals surface area contributed by atoms with Crippen molar-refractivity contribution in [1.82, 2.24) is 4.98 Å². The molecule has 2 rings (SSSR count). The van der Waals surface area contributed by atoms with Gasteiger partial charge in [0.25, 0.3) is 0 Å². The molecule has 0 radical (unpaired) electrons. The molecule has 0 fully saturated rings. The van der Waals surface area contributed by atoms with E-state index in [2.05, 4.69) is 37.2 Å². The molecular formula is C14H16BrN3O. The van der Waals surface area contributed by atoms with Crippen LogP contribution in [0.3, 0.4) is 0 Å². The number of aromatic hydroxyl groups is 1. The molecule has 19 heavy (non-hydrogen) atoms. The van der Waals surface area contributed by atoms with Crippen molar-refractivity contribution in [2.75, 3.05) is 24.3 Å². The van der Waals surface area contributed by atoms with Gasteiger partial charge in [0.05, 0.1) is 29.8 Å². The van der Waals surface area contributed by atoms with Crippen LogP contribution in [0.2, 0.25) is 0 Å². The average molecular weight is 322 g/mol. The summed E-state index contributed by atoms with van der Waals surface area (Å²) in [5.74, 6) is 0.181. The van der Waals surface area contributed by atoms with Crippen molar-refractivity contribution in [2.45, 2.75) is 6.54 Å². The maximum absolute atomic E-state index is 9.20. The summed E-state index contributed by atoms with van der Waals surface area (Å²) in [6, 6.07) is 9.54. The zero-order valence-corrected chi connectivity index (χ0v) is 12.5. The molecule has 5 heteroatoms. The van der Waals surface area contributed by atoms with E-state index in [-0.39, 0.29) is 5.75 Å². The SMILES string of the molecule is CN(C)c1ccc(Br)cc1NCc1ccc(O)cn1. The van der Waals surface area contributed by atoms with Crippen molar-refractivity contribution in [3.63, 3.8) is 0 Å². The van der Waals surface area contributed by atoms with Gasteiger partial charge in [-0.05, 0) is 30.3 Å². The Bertz CT molecular complexity index is 555. The summed E-state index contributed by atoms with van der Waals surface area (Å²) in [6.45, 7) is 0.609. The standard InChI is InChI=1S/C14H16BrN3O/c1-18(2)14-6-3-10(15)7-13(14)17-8-11-4-5-12(19)9-16-11/h3-7,9,17,19H,8H2,1-2H3. The summed E-state index contributed by atoms with van der Waals surface area (Å²) < 4.78 is 1.03. The van der Waals surface area contributed by atoms with Crippen LogP contribution in [0.1, 0.15) is 5.69 Å². The van der Waals surface area contributed by atoms with Crippen molar-refractivity contribution >= 4 is 27.3 Å². The first-order chi connectivity index (χ1) is 9.06. The largest absolute Gasteiger partial charge is 0.506 e. The van der Waals surface area contributed by atoms with Crippen LogP contribution in [0.5, 0.6) is 5.75 Å². The number of benzene rings is 1. The monoisotopic (exact) mass is 321 g/mol. The van der Waals surface area contributed by atoms with E-state index < -0.39 is 0 Å². The Kier molecular flexibility index (Phi) is 4.27. The van der Waals surface area contributed by atoms with Gasteiger partial charge >= 0.3 is 0 Å². The summed E-state index contributed by atoms with van der Waals surface area (Å²) in [5.41, 5.74) is 3.03. The molecular weight excluding hydrogens is 306 g/mol. The van der Waals surface area contributed by atoms with Crippen LogP contribution < -0.4 is 10.2 Å². The van der Waals surface area contributed by atoms with Crippen LogP contribution in [0.15, 0.2) is 41.0 Å². The van der Waals surface area contributed by atoms with Crippen LogP contribution in [-0.4, -0.2) is 24.2 Å². The molecule has 0 bridgehead atoms. The highest BCUT2D eigenvalue weighted by Gasteiger charge is 2.05. The second kappa shape index (κ2) is 5.93. The van der Waals surface area contributed by atoms with Crippen molar-refractivity contribution in [3.05, 3.63) is 46.7 Å². The van der Waals surface area contributed by atoms with Gasteiger partial charge in [0.2, 0.25) is 0 Å². The van der Waals surface area contributed by atoms with E-state index in [4.69, 9.17) is 0 Å². The lowest BCUT2D eigenvalue weighted by Gasteiger charge is -2.18. The van der Waals surface area contributed by atoms with E-state index >= 15 is 0 Å². The quantitative estimate of drug-likeness (QED) is 0.907. The number of hydrogen-bond acceptors (Lipinski definition) is 4. The molecule has 0 saturated carbocycles. The molecule has 100 valence electrons. The second-order valence-electron chi connectivity index (χ2n) is 4.42. The molecule has 0 saturated heterocycles. The third-order valence-corrected chi connectivity index (χ3v) is 3.20. The van der Waals surface area contributed by atoms with E-state index in [1.165, 1.54) is 6.20 Å². The highest BCUT2D eigenvalue weighted by atomic mass is 79.9. The van der Waals surface area contributed by atoms with E-state index in [0.717, 1.165) is 21.5 Å². The van der Waals surface area contributed by atoms with Crippen LogP contribution >= 0.6 is 15.9 Å². The van der Waals surface area contributed by atoms with Gasteiger partial charge in [-0.3, -0.25) is 4.98 Å². The van der Waals surface area contributed by atoms with Crippen LogP contribution in [0.4, 0.5) is 11.4 Å². The fourth-order valence-corrected chi connectivity index (χ4v) is 2.11. The van der Waals surface area contributed by atoms with Crippen molar-refractivity contribution in [2.24, 2.45) is 0 Å². The smallest absolute Gasteiger partial charge is 0.133 e. The number of pyridine rings is 1. The summed E-state index contributed by atoms with van der Waals surface area (Å²) in [4.78, 5) is 6.21. The second-order valence-corrected chi connectivity index (χ2v) is 5.33. The third kappa shape index (κ3) is 3.61. The summed E-state index contributed by atoms with van der Waals surface area (Å²) in [6.07, 6.45) is 1.45. The summed E-state index contributed by atoms with van der Waals surface area (Å²) in [5, 5.41) is 12.6. The van der Waals surface area contributed by atoms with Crippen molar-refractivity contribution in [1.29, 1.82) is 0 Å². The molecule has 0 aliphatic heterocycles. The van der Waals surface area contributed by atoms with Gasteiger partial charge < -0.3 is 15.3 Å². The number of nitrogens with one attached hydrogen (secondary N) is 1. The Morgan fingerprint density at radius 1 is 1.26 bits per heavy atom. The predicted octanol–water partition coefficient (Wildman–Crippen LogP) is 3.23. The normalized spacial score (nSPS) is 10.3. The number of anilines is 2. The number of rotatable bonds is 4. The fourth-order valence-electron chi connectivity index (χ4n) is 1.75. The van der Waals surface area contributed by atoms with E-state index in [1.807, 2.05) is 26.2 Å². The lowest BCUT2D eigenvalue weighted by Crippen LogP contribution is -2.12. The third-order valence-electron chi connectivity index (χ3n) is 2.71. The van der Waals surface area contributed by atoms with Gasteiger partial charge in [0, 0.05) is 18.6 Å². The van der Waals surface area contributed by atoms with E-state index in [1.54, 1.807) is 12.1 Å². The van der Waals surface area contributed by atoms with Crippen LogP contribution in [0.25, 0.3) is 0 Å². The first-order valence-electron chi connectivity index (χ1n) is 5.91. The molecule has 2 aromatic rings. The lowest BCUT2D eigenvalue weighted by molar-refractivity contribution is 0.472. The van der Waals surface area contributed by atoms with Gasteiger partial charge in [-0.2, -0.15) is 0 Å². The van der Waals surface area contributed by atoms with Gasteiger partial charge in [-0.15, -0.1) is 0 Å². The molecule has 1 aromatic carbocycles. The summed E-state index contributed by atoms with van der Waals surface area (Å²) in [7, 11) is 4.01. The van der Waals surface area contributed by atoms with Gasteiger partial charge in [0.15, 0.2) is 0 Å². The minimum absolute atomic E-state index is 0.181. The molecule has 0 aliphatic rings. The Morgan fingerprint density at radius 2 is 2.05 bits per heavy atom. The lowest BCUT2D eigenvalue weighted by atomic mass is 10.2. The first-order valence-corrected chi connectivity index (χ1v) is 6.70. The van der Waals surface area contributed by atoms with Crippen molar-refractivity contribution < 1.29 is 5.11 Å². The zero-order valence-electron chi connectivity index (χ0n) is 10.9. The van der Waals surface area contributed by atoms with E-state index in [0.29, 0.717) is 6.54 Å². The highest BCUT2D eigenvalue weighted by Crippen LogP contribution is 2.28. The highest BCUT2D eigenvalue weighted by molar-refractivity contribution is 9.10. The molecule has 1 heterocycles. The van der Waals surface area contributed by atoms with Crippen LogP contribution in [0, 0.1) is 0 Å². The Hall–Kier alpha value is -1.75. The minimum atomic E-state index is 0.181. The van der Waals surface area contributed by atoms with Crippen molar-refractivity contribution in [3.8, 4) is 5.75 Å². The minimum Gasteiger partial charge on any atom is -0.506 e. The molecule has 1 aromatic heterocycles. The molecule has 4 nitrogen and oxygen atoms in total. The van der Waals surface area contributed by atoms with Gasteiger partial charge in [0.1, 0.15) is 5.75 Å². The molecule has 0 unspecified atom stereocenters. The Labute approximate surface area is 121 Å². The molecule has 0 spiro atoms. The topological polar surface area (TPSA) is 48.4 Å². The Morgan fingerprint density at radius 3 is 2.68 bits per heavy atom. The molecule has 0 aliphatic carbocycles. The number of hydrogen-bond donors (Lipinski definition) is 2. The zero-order chi connectivity index (χ0) is 13.8. The fraction of sp³-hybridized carbons (Fsp3) is 0.214. The first kappa shape index (κ1) is 13.7. The molecule has 0 atom stereocenters. The van der Waals surface area contributed by atoms with Gasteiger partial charge in [-0.1, -0.05) is 15.9 Å². The summed E-state index contributed by atoms with van der Waals surface area (Å²) >= 11 is 3.47. The number of aromatic nitrogens is 1. The van der Waals surface area contributed by atoms with Crippen LogP contribution in [-0.2, 0) is 6.54 Å². The average Bonchev–Trinajstić information content (AvgIpc) is 2.38. The predicted molar refractivity (Wildman–Crippen MR) is 81.7 cm³/mol. The number of halogens is 1. The maximum Gasteiger partial charge on any atom is 0.133 e. The number of nitrogens with zero attached hydrogens (tertiary/aromatic N) is 2. The molecule has 2 N–H and O–H groups in total. The molecule has 0 amide bonds.